The van der Waals surface area contributed by atoms with Crippen LogP contribution in [-0.4, -0.2) is 26.6 Å². The predicted octanol–water partition coefficient (Wildman–Crippen LogP) is 6.48. The molecule has 33 heavy (non-hydrogen) atoms. The minimum atomic E-state index is -0.0209. The lowest BCUT2D eigenvalue weighted by molar-refractivity contribution is 0.414. The average Bonchev–Trinajstić information content (AvgIpc) is 3.09. The van der Waals surface area contributed by atoms with Gasteiger partial charge in [0.2, 0.25) is 11.2 Å². The fourth-order valence-corrected chi connectivity index (χ4v) is 4.01. The molecule has 2 aromatic heterocycles. The van der Waals surface area contributed by atoms with E-state index in [9.17, 15) is 0 Å². The number of halogens is 3. The second kappa shape index (κ2) is 9.67. The number of aromatic nitrogens is 4. The Kier molecular flexibility index (Phi) is 6.70. The number of allylic oxidation sites excluding steroid dienone is 1. The molecule has 0 aliphatic heterocycles. The number of hydrogen-bond donors (Lipinski definition) is 0. The van der Waals surface area contributed by atoms with E-state index in [-0.39, 0.29) is 27.0 Å². The molecule has 0 atom stereocenters. The molecule has 2 aromatic carbocycles. The summed E-state index contributed by atoms with van der Waals surface area (Å²) in [4.78, 5) is 13.0. The topological polar surface area (TPSA) is 85.8 Å². The van der Waals surface area contributed by atoms with Crippen LogP contribution in [0.15, 0.2) is 42.5 Å². The highest BCUT2D eigenvalue weighted by molar-refractivity contribution is 6.37. The molecule has 0 aliphatic rings. The molecule has 166 valence electrons. The molecule has 0 radical (unpaired) electrons. The van der Waals surface area contributed by atoms with Crippen LogP contribution in [0.25, 0.3) is 17.2 Å². The minimum Gasteiger partial charge on any atom is -0.497 e. The molecule has 0 saturated carbocycles. The lowest BCUT2D eigenvalue weighted by atomic mass is 10.2. The summed E-state index contributed by atoms with van der Waals surface area (Å²) in [6, 6.07) is 12.9. The Bertz CT molecular complexity index is 1390. The second-order valence-corrected chi connectivity index (χ2v) is 8.09. The molecule has 0 spiro atoms. The molecule has 0 saturated heterocycles. The monoisotopic (exact) mass is 499 g/mol. The molecule has 10 heteroatoms. The maximum Gasteiger partial charge on any atom is 0.250 e. The molecule has 0 fully saturated rings. The lowest BCUT2D eigenvalue weighted by Gasteiger charge is -2.13. The quantitative estimate of drug-likeness (QED) is 0.222. The van der Waals surface area contributed by atoms with E-state index in [0.29, 0.717) is 29.1 Å². The van der Waals surface area contributed by atoms with Gasteiger partial charge in [-0.05, 0) is 60.0 Å². The van der Waals surface area contributed by atoms with Crippen LogP contribution in [0.4, 0.5) is 0 Å². The van der Waals surface area contributed by atoms with Gasteiger partial charge in [0.05, 0.1) is 23.2 Å². The fraction of sp³-hybridized carbons (Fsp3) is 0.130. The number of benzene rings is 2. The fourth-order valence-electron chi connectivity index (χ4n) is 3.27. The first-order chi connectivity index (χ1) is 15.9. The van der Waals surface area contributed by atoms with E-state index in [2.05, 4.69) is 15.0 Å². The van der Waals surface area contributed by atoms with E-state index in [0.717, 1.165) is 11.3 Å². The first kappa shape index (κ1) is 22.9. The van der Waals surface area contributed by atoms with Crippen LogP contribution in [0.1, 0.15) is 17.0 Å². The van der Waals surface area contributed by atoms with Crippen molar-refractivity contribution in [2.45, 2.75) is 13.5 Å². The average molecular weight is 501 g/mol. The molecule has 4 rings (SSSR count). The van der Waals surface area contributed by atoms with Crippen LogP contribution in [0.3, 0.4) is 0 Å². The van der Waals surface area contributed by atoms with Crippen LogP contribution in [0.5, 0.6) is 17.4 Å². The molecule has 0 amide bonds. The summed E-state index contributed by atoms with van der Waals surface area (Å²) in [6.45, 7) is 2.35. The minimum absolute atomic E-state index is 0.0209. The van der Waals surface area contributed by atoms with Gasteiger partial charge < -0.3 is 14.0 Å². The number of imidazole rings is 1. The summed E-state index contributed by atoms with van der Waals surface area (Å²) in [5.74, 6) is 1.85. The first-order valence-electron chi connectivity index (χ1n) is 9.66. The van der Waals surface area contributed by atoms with Crippen molar-refractivity contribution >= 4 is 52.0 Å². The van der Waals surface area contributed by atoms with Crippen molar-refractivity contribution < 1.29 is 9.47 Å². The number of aryl methyl sites for hydroxylation is 1. The Balaban J connectivity index is 1.78. The van der Waals surface area contributed by atoms with E-state index in [4.69, 9.17) is 49.5 Å². The lowest BCUT2D eigenvalue weighted by Crippen LogP contribution is -2.04. The molecular weight excluding hydrogens is 485 g/mol. The van der Waals surface area contributed by atoms with Crippen LogP contribution in [0, 0.1) is 18.3 Å². The Morgan fingerprint density at radius 2 is 1.76 bits per heavy atom. The van der Waals surface area contributed by atoms with Gasteiger partial charge in [-0.1, -0.05) is 35.3 Å². The molecular formula is C23H16Cl3N5O2. The summed E-state index contributed by atoms with van der Waals surface area (Å²) in [6.07, 6.45) is 2.92. The molecule has 7 nitrogen and oxygen atoms in total. The van der Waals surface area contributed by atoms with Crippen molar-refractivity contribution in [3.63, 3.8) is 0 Å². The zero-order valence-corrected chi connectivity index (χ0v) is 19.8. The molecule has 0 aliphatic carbocycles. The highest BCUT2D eigenvalue weighted by Crippen LogP contribution is 2.39. The van der Waals surface area contributed by atoms with E-state index in [1.54, 1.807) is 25.3 Å². The Hall–Kier alpha value is -3.31. The van der Waals surface area contributed by atoms with Crippen molar-refractivity contribution in [3.8, 4) is 23.4 Å². The van der Waals surface area contributed by atoms with E-state index in [1.165, 1.54) is 6.08 Å². The third kappa shape index (κ3) is 4.88. The summed E-state index contributed by atoms with van der Waals surface area (Å²) < 4.78 is 13.2. The molecule has 4 aromatic rings. The van der Waals surface area contributed by atoms with Crippen molar-refractivity contribution in [1.82, 2.24) is 19.5 Å². The highest BCUT2D eigenvalue weighted by Gasteiger charge is 2.20. The van der Waals surface area contributed by atoms with Crippen molar-refractivity contribution in [2.75, 3.05) is 7.11 Å². The Morgan fingerprint density at radius 3 is 2.39 bits per heavy atom. The largest absolute Gasteiger partial charge is 0.497 e. The highest BCUT2D eigenvalue weighted by atomic mass is 35.5. The third-order valence-corrected chi connectivity index (χ3v) is 5.53. The Labute approximate surface area is 204 Å². The molecule has 0 unspecified atom stereocenters. The van der Waals surface area contributed by atoms with Crippen molar-refractivity contribution in [2.24, 2.45) is 0 Å². The zero-order valence-electron chi connectivity index (χ0n) is 17.5. The van der Waals surface area contributed by atoms with Gasteiger partial charge in [-0.25, -0.2) is 4.98 Å². The van der Waals surface area contributed by atoms with Crippen LogP contribution in [0.2, 0.25) is 15.3 Å². The van der Waals surface area contributed by atoms with Crippen molar-refractivity contribution in [3.05, 3.63) is 74.8 Å². The number of ether oxygens (including phenoxy) is 2. The summed E-state index contributed by atoms with van der Waals surface area (Å²) in [7, 11) is 1.62. The number of rotatable bonds is 6. The summed E-state index contributed by atoms with van der Waals surface area (Å²) in [5.41, 5.74) is 2.61. The van der Waals surface area contributed by atoms with Crippen LogP contribution >= 0.6 is 34.8 Å². The van der Waals surface area contributed by atoms with Crippen LogP contribution in [-0.2, 0) is 6.54 Å². The standard InChI is InChI=1S/C23H16Cl3N5O2/c1-13-28-21-19(31(13)12-14-5-7-16(32-2)8-6-14)22(30-23(26)29-21)33-20-17(24)10-15(4-3-9-27)11-18(20)25/h3-8,10-11H,12H2,1-2H3/b4-3+. The van der Waals surface area contributed by atoms with E-state index >= 15 is 0 Å². The maximum absolute atomic E-state index is 8.73. The maximum atomic E-state index is 8.73. The van der Waals surface area contributed by atoms with Gasteiger partial charge in [-0.3, -0.25) is 0 Å². The van der Waals surface area contributed by atoms with Gasteiger partial charge in [0.25, 0.3) is 0 Å². The van der Waals surface area contributed by atoms with Gasteiger partial charge in [0.1, 0.15) is 11.6 Å². The molecule has 0 N–H and O–H groups in total. The molecule has 2 heterocycles. The summed E-state index contributed by atoms with van der Waals surface area (Å²) in [5, 5.41) is 9.21. The number of hydrogen-bond acceptors (Lipinski definition) is 6. The van der Waals surface area contributed by atoms with E-state index < -0.39 is 0 Å². The number of fused-ring (bicyclic) bond motifs is 1. The predicted molar refractivity (Wildman–Crippen MR) is 128 cm³/mol. The molecule has 0 bridgehead atoms. The number of nitrogens with zero attached hydrogens (tertiary/aromatic N) is 5. The summed E-state index contributed by atoms with van der Waals surface area (Å²) >= 11 is 19.0. The number of nitriles is 1. The van der Waals surface area contributed by atoms with Gasteiger partial charge in [0.15, 0.2) is 16.9 Å². The Morgan fingerprint density at radius 1 is 1.06 bits per heavy atom. The van der Waals surface area contributed by atoms with Gasteiger partial charge in [-0.15, -0.1) is 0 Å². The second-order valence-electron chi connectivity index (χ2n) is 6.94. The van der Waals surface area contributed by atoms with Gasteiger partial charge >= 0.3 is 0 Å². The van der Waals surface area contributed by atoms with Gasteiger partial charge in [-0.2, -0.15) is 15.2 Å². The SMILES string of the molecule is COc1ccc(Cn2c(C)nc3nc(Cl)nc(Oc4c(Cl)cc(/C=C/C#N)cc4Cl)c32)cc1. The van der Waals surface area contributed by atoms with Crippen molar-refractivity contribution in [1.29, 1.82) is 5.26 Å². The van der Waals surface area contributed by atoms with Gasteiger partial charge in [0, 0.05) is 12.6 Å². The third-order valence-electron chi connectivity index (χ3n) is 4.80. The normalized spacial score (nSPS) is 11.2. The first-order valence-corrected chi connectivity index (χ1v) is 10.8. The smallest absolute Gasteiger partial charge is 0.250 e. The zero-order chi connectivity index (χ0) is 23.5. The van der Waals surface area contributed by atoms with E-state index in [1.807, 2.05) is 41.8 Å². The number of methoxy groups -OCH3 is 1. The van der Waals surface area contributed by atoms with Crippen LogP contribution < -0.4 is 9.47 Å².